The van der Waals surface area contributed by atoms with Gasteiger partial charge in [0, 0.05) is 6.54 Å². The molecule has 0 spiro atoms. The topological polar surface area (TPSA) is 90.7 Å². The molecule has 0 bridgehead atoms. The number of nitrogen functional groups attached to an aromatic ring is 1. The molecule has 0 saturated heterocycles. The third-order valence-corrected chi connectivity index (χ3v) is 2.95. The van der Waals surface area contributed by atoms with Crippen LogP contribution in [-0.2, 0) is 9.53 Å². The fourth-order valence-electron chi connectivity index (χ4n) is 1.65. The fraction of sp³-hybridized carbons (Fsp3) is 0.467. The molecule has 0 aliphatic heterocycles. The molecule has 1 aromatic carbocycles. The first-order valence-corrected chi connectivity index (χ1v) is 6.91. The zero-order chi connectivity index (χ0) is 15.8. The third-order valence-electron chi connectivity index (χ3n) is 2.95. The van der Waals surface area contributed by atoms with Crippen molar-refractivity contribution in [3.63, 3.8) is 0 Å². The van der Waals surface area contributed by atoms with Crippen LogP contribution in [0.4, 0.5) is 5.69 Å². The van der Waals surface area contributed by atoms with Crippen LogP contribution in [0.5, 0.6) is 5.75 Å². The minimum atomic E-state index is -0.849. The Morgan fingerprint density at radius 1 is 1.38 bits per heavy atom. The van der Waals surface area contributed by atoms with E-state index >= 15 is 0 Å². The predicted molar refractivity (Wildman–Crippen MR) is 80.2 cm³/mol. The molecular formula is C15H22N2O4. The lowest BCUT2D eigenvalue weighted by atomic mass is 10.2. The van der Waals surface area contributed by atoms with E-state index in [0.717, 1.165) is 12.8 Å². The molecule has 1 aromatic rings. The molecule has 3 N–H and O–H groups in total. The van der Waals surface area contributed by atoms with Crippen molar-refractivity contribution in [3.05, 3.63) is 23.8 Å². The van der Waals surface area contributed by atoms with Gasteiger partial charge in [-0.2, -0.15) is 0 Å². The van der Waals surface area contributed by atoms with Crippen LogP contribution in [0.15, 0.2) is 18.2 Å². The van der Waals surface area contributed by atoms with E-state index in [9.17, 15) is 9.59 Å². The van der Waals surface area contributed by atoms with Crippen LogP contribution in [-0.4, -0.2) is 31.6 Å². The van der Waals surface area contributed by atoms with Crippen LogP contribution in [0.1, 0.15) is 37.0 Å². The van der Waals surface area contributed by atoms with E-state index in [2.05, 4.69) is 5.32 Å². The van der Waals surface area contributed by atoms with Crippen LogP contribution >= 0.6 is 0 Å². The molecule has 0 radical (unpaired) electrons. The Morgan fingerprint density at radius 3 is 2.71 bits per heavy atom. The van der Waals surface area contributed by atoms with E-state index in [1.54, 1.807) is 6.07 Å². The van der Waals surface area contributed by atoms with Gasteiger partial charge in [0.05, 0.1) is 18.4 Å². The van der Waals surface area contributed by atoms with Crippen molar-refractivity contribution in [2.75, 3.05) is 19.4 Å². The monoisotopic (exact) mass is 294 g/mol. The Bertz CT molecular complexity index is 502. The standard InChI is InChI=1S/C15H22N2O4/c1-4-5-8-17-14(18)10(2)21-15(19)11-6-7-12(16)13(9-11)20-3/h6-7,9-10H,4-5,8,16H2,1-3H3,(H,17,18). The lowest BCUT2D eigenvalue weighted by molar-refractivity contribution is -0.129. The predicted octanol–water partition coefficient (Wildman–Crippen LogP) is 1.74. The SMILES string of the molecule is CCCCNC(=O)C(C)OC(=O)c1ccc(N)c(OC)c1. The Labute approximate surface area is 124 Å². The van der Waals surface area contributed by atoms with Gasteiger partial charge in [-0.1, -0.05) is 13.3 Å². The van der Waals surface area contributed by atoms with Crippen molar-refractivity contribution < 1.29 is 19.1 Å². The summed E-state index contributed by atoms with van der Waals surface area (Å²) in [5.41, 5.74) is 6.39. The molecule has 116 valence electrons. The van der Waals surface area contributed by atoms with Crippen LogP contribution < -0.4 is 15.8 Å². The number of unbranched alkanes of at least 4 members (excludes halogenated alkanes) is 1. The number of nitrogens with two attached hydrogens (primary N) is 1. The van der Waals surface area contributed by atoms with Gasteiger partial charge in [-0.05, 0) is 31.5 Å². The van der Waals surface area contributed by atoms with E-state index in [-0.39, 0.29) is 11.5 Å². The van der Waals surface area contributed by atoms with E-state index in [4.69, 9.17) is 15.2 Å². The zero-order valence-corrected chi connectivity index (χ0v) is 12.6. The minimum absolute atomic E-state index is 0.286. The largest absolute Gasteiger partial charge is 0.495 e. The molecule has 0 heterocycles. The molecule has 1 amide bonds. The summed E-state index contributed by atoms with van der Waals surface area (Å²) in [5.74, 6) is -0.504. The van der Waals surface area contributed by atoms with Crippen molar-refractivity contribution >= 4 is 17.6 Å². The Kier molecular flexibility index (Phi) is 6.52. The second-order valence-electron chi connectivity index (χ2n) is 4.65. The van der Waals surface area contributed by atoms with Crippen LogP contribution in [0.25, 0.3) is 0 Å². The number of hydrogen-bond donors (Lipinski definition) is 2. The smallest absolute Gasteiger partial charge is 0.339 e. The highest BCUT2D eigenvalue weighted by atomic mass is 16.5. The number of amides is 1. The molecule has 0 aliphatic carbocycles. The second-order valence-corrected chi connectivity index (χ2v) is 4.65. The van der Waals surface area contributed by atoms with Crippen molar-refractivity contribution in [1.82, 2.24) is 5.32 Å². The molecule has 0 aliphatic rings. The van der Waals surface area contributed by atoms with Gasteiger partial charge in [0.15, 0.2) is 6.10 Å². The number of benzene rings is 1. The minimum Gasteiger partial charge on any atom is -0.495 e. The first kappa shape index (κ1) is 16.8. The first-order chi connectivity index (χ1) is 9.99. The van der Waals surface area contributed by atoms with Gasteiger partial charge in [0.2, 0.25) is 0 Å². The number of hydrogen-bond acceptors (Lipinski definition) is 5. The molecule has 1 unspecified atom stereocenters. The fourth-order valence-corrected chi connectivity index (χ4v) is 1.65. The molecular weight excluding hydrogens is 272 g/mol. The number of carbonyl (C=O) groups excluding carboxylic acids is 2. The molecule has 0 fully saturated rings. The van der Waals surface area contributed by atoms with Gasteiger partial charge >= 0.3 is 5.97 Å². The molecule has 6 heteroatoms. The molecule has 1 atom stereocenters. The number of rotatable bonds is 7. The molecule has 6 nitrogen and oxygen atoms in total. The first-order valence-electron chi connectivity index (χ1n) is 6.91. The molecule has 0 aromatic heterocycles. The number of carbonyl (C=O) groups is 2. The van der Waals surface area contributed by atoms with Gasteiger partial charge < -0.3 is 20.5 Å². The number of esters is 1. The summed E-state index contributed by atoms with van der Waals surface area (Å²) in [5, 5.41) is 2.71. The summed E-state index contributed by atoms with van der Waals surface area (Å²) in [4.78, 5) is 23.7. The van der Waals surface area contributed by atoms with Gasteiger partial charge in [-0.3, -0.25) is 4.79 Å². The highest BCUT2D eigenvalue weighted by Crippen LogP contribution is 2.22. The highest BCUT2D eigenvalue weighted by Gasteiger charge is 2.19. The normalized spacial score (nSPS) is 11.6. The quantitative estimate of drug-likeness (QED) is 0.454. The number of nitrogens with one attached hydrogen (secondary N) is 1. The summed E-state index contributed by atoms with van der Waals surface area (Å²) in [7, 11) is 1.46. The maximum Gasteiger partial charge on any atom is 0.339 e. The van der Waals surface area contributed by atoms with E-state index in [1.165, 1.54) is 26.2 Å². The Morgan fingerprint density at radius 2 is 2.10 bits per heavy atom. The van der Waals surface area contributed by atoms with Gasteiger partial charge in [-0.15, -0.1) is 0 Å². The average molecular weight is 294 g/mol. The lowest BCUT2D eigenvalue weighted by Gasteiger charge is -2.14. The van der Waals surface area contributed by atoms with Crippen molar-refractivity contribution in [2.45, 2.75) is 32.8 Å². The molecule has 21 heavy (non-hydrogen) atoms. The van der Waals surface area contributed by atoms with E-state index in [1.807, 2.05) is 6.92 Å². The summed E-state index contributed by atoms with van der Waals surface area (Å²) >= 11 is 0. The maximum atomic E-state index is 12.0. The van der Waals surface area contributed by atoms with E-state index < -0.39 is 12.1 Å². The average Bonchev–Trinajstić information content (AvgIpc) is 2.47. The second kappa shape index (κ2) is 8.14. The van der Waals surface area contributed by atoms with Gasteiger partial charge in [0.1, 0.15) is 5.75 Å². The molecule has 1 rings (SSSR count). The zero-order valence-electron chi connectivity index (χ0n) is 12.6. The Balaban J connectivity index is 2.61. The van der Waals surface area contributed by atoms with Crippen LogP contribution in [0.3, 0.4) is 0 Å². The van der Waals surface area contributed by atoms with Crippen molar-refractivity contribution in [1.29, 1.82) is 0 Å². The van der Waals surface area contributed by atoms with Crippen LogP contribution in [0, 0.1) is 0 Å². The summed E-state index contributed by atoms with van der Waals surface area (Å²) < 4.78 is 10.2. The summed E-state index contributed by atoms with van der Waals surface area (Å²) in [6.45, 7) is 4.14. The van der Waals surface area contributed by atoms with Crippen molar-refractivity contribution in [3.8, 4) is 5.75 Å². The third kappa shape index (κ3) is 4.98. The van der Waals surface area contributed by atoms with E-state index in [0.29, 0.717) is 18.0 Å². The highest BCUT2D eigenvalue weighted by molar-refractivity contribution is 5.93. The Hall–Kier alpha value is -2.24. The van der Waals surface area contributed by atoms with Gasteiger partial charge in [0.25, 0.3) is 5.91 Å². The number of ether oxygens (including phenoxy) is 2. The van der Waals surface area contributed by atoms with Gasteiger partial charge in [-0.25, -0.2) is 4.79 Å². The summed E-state index contributed by atoms with van der Waals surface area (Å²) in [6.07, 6.45) is 1.03. The maximum absolute atomic E-state index is 12.0. The number of methoxy groups -OCH3 is 1. The summed E-state index contributed by atoms with van der Waals surface area (Å²) in [6, 6.07) is 4.57. The lowest BCUT2D eigenvalue weighted by Crippen LogP contribution is -2.36. The number of anilines is 1. The molecule has 0 saturated carbocycles. The van der Waals surface area contributed by atoms with Crippen molar-refractivity contribution in [2.24, 2.45) is 0 Å². The van der Waals surface area contributed by atoms with Crippen LogP contribution in [0.2, 0.25) is 0 Å².